The summed E-state index contributed by atoms with van der Waals surface area (Å²) in [7, 11) is 1.63. The van der Waals surface area contributed by atoms with Crippen molar-refractivity contribution in [3.63, 3.8) is 0 Å². The molecule has 108 valence electrons. The number of carboxylic acid groups (broad SMARTS) is 1. The van der Waals surface area contributed by atoms with Crippen molar-refractivity contribution in [2.24, 2.45) is 0 Å². The summed E-state index contributed by atoms with van der Waals surface area (Å²) in [6.45, 7) is 2.51. The van der Waals surface area contributed by atoms with Crippen molar-refractivity contribution in [1.29, 1.82) is 0 Å². The van der Waals surface area contributed by atoms with E-state index < -0.39 is 5.97 Å². The number of benzene rings is 1. The lowest BCUT2D eigenvalue weighted by atomic mass is 10.3. The minimum atomic E-state index is -0.869. The first-order valence-electron chi connectivity index (χ1n) is 6.04. The summed E-state index contributed by atoms with van der Waals surface area (Å²) in [4.78, 5) is 15.2. The van der Waals surface area contributed by atoms with Gasteiger partial charge in [0.1, 0.15) is 0 Å². The van der Waals surface area contributed by atoms with Crippen LogP contribution in [0.15, 0.2) is 23.4 Å². The Kier molecular flexibility index (Phi) is 4.91. The van der Waals surface area contributed by atoms with E-state index in [1.807, 2.05) is 23.6 Å². The number of aliphatic carboxylic acids is 1. The molecule has 1 N–H and O–H groups in total. The summed E-state index contributed by atoms with van der Waals surface area (Å²) < 4.78 is 7.15. The predicted molar refractivity (Wildman–Crippen MR) is 79.7 cm³/mol. The van der Waals surface area contributed by atoms with Crippen LogP contribution in [-0.4, -0.2) is 40.1 Å². The van der Waals surface area contributed by atoms with Gasteiger partial charge in [-0.1, -0.05) is 23.4 Å². The van der Waals surface area contributed by atoms with Crippen LogP contribution in [-0.2, 0) is 9.53 Å². The van der Waals surface area contributed by atoms with Gasteiger partial charge in [-0.3, -0.25) is 4.79 Å². The monoisotopic (exact) mass is 314 g/mol. The largest absolute Gasteiger partial charge is 0.481 e. The number of thioether (sulfide) groups is 1. The number of halogens is 1. The van der Waals surface area contributed by atoms with Gasteiger partial charge >= 0.3 is 5.97 Å². The third-order valence-corrected chi connectivity index (χ3v) is 3.97. The smallest absolute Gasteiger partial charge is 0.313 e. The van der Waals surface area contributed by atoms with Crippen LogP contribution in [0, 0.1) is 0 Å². The molecule has 0 aliphatic carbocycles. The van der Waals surface area contributed by atoms with Gasteiger partial charge in [0.2, 0.25) is 0 Å². The highest BCUT2D eigenvalue weighted by Crippen LogP contribution is 2.29. The zero-order chi connectivity index (χ0) is 14.7. The average molecular weight is 315 g/mol. The van der Waals surface area contributed by atoms with Crippen molar-refractivity contribution in [3.05, 3.63) is 23.2 Å². The van der Waals surface area contributed by atoms with Crippen LogP contribution in [0.3, 0.4) is 0 Å². The number of fused-ring (bicyclic) bond motifs is 1. The third-order valence-electron chi connectivity index (χ3n) is 2.79. The molecule has 1 atom stereocenters. The fourth-order valence-corrected chi connectivity index (χ4v) is 3.01. The van der Waals surface area contributed by atoms with E-state index in [1.165, 1.54) is 11.8 Å². The Morgan fingerprint density at radius 3 is 3.00 bits per heavy atom. The van der Waals surface area contributed by atoms with Gasteiger partial charge in [0.05, 0.1) is 29.4 Å². The van der Waals surface area contributed by atoms with Crippen LogP contribution in [0.25, 0.3) is 11.0 Å². The Morgan fingerprint density at radius 2 is 2.35 bits per heavy atom. The molecule has 0 aliphatic heterocycles. The highest BCUT2D eigenvalue weighted by atomic mass is 35.5. The molecule has 0 radical (unpaired) electrons. The van der Waals surface area contributed by atoms with E-state index >= 15 is 0 Å². The Hall–Kier alpha value is -1.24. The maximum Gasteiger partial charge on any atom is 0.313 e. The molecule has 0 aliphatic rings. The zero-order valence-corrected chi connectivity index (χ0v) is 12.7. The van der Waals surface area contributed by atoms with Gasteiger partial charge in [-0.25, -0.2) is 4.98 Å². The minimum Gasteiger partial charge on any atom is -0.481 e. The number of carboxylic acids is 1. The first-order chi connectivity index (χ1) is 9.52. The maximum absolute atomic E-state index is 10.7. The molecular weight excluding hydrogens is 300 g/mol. The van der Waals surface area contributed by atoms with Gasteiger partial charge < -0.3 is 14.4 Å². The van der Waals surface area contributed by atoms with Gasteiger partial charge in [-0.2, -0.15) is 0 Å². The number of hydrogen-bond donors (Lipinski definition) is 1. The summed E-state index contributed by atoms with van der Waals surface area (Å²) in [6.07, 6.45) is 0. The zero-order valence-electron chi connectivity index (χ0n) is 11.2. The first-order valence-corrected chi connectivity index (χ1v) is 7.40. The first kappa shape index (κ1) is 15.2. The molecule has 2 aromatic rings. The number of imidazole rings is 1. The Morgan fingerprint density at radius 1 is 1.60 bits per heavy atom. The molecule has 1 aromatic carbocycles. The fraction of sp³-hybridized carbons (Fsp3) is 0.385. The van der Waals surface area contributed by atoms with E-state index in [1.54, 1.807) is 13.2 Å². The lowest BCUT2D eigenvalue weighted by molar-refractivity contribution is -0.133. The van der Waals surface area contributed by atoms with E-state index in [2.05, 4.69) is 4.98 Å². The summed E-state index contributed by atoms with van der Waals surface area (Å²) in [5.41, 5.74) is 1.68. The fourth-order valence-electron chi connectivity index (χ4n) is 2.01. The minimum absolute atomic E-state index is 0.0310. The molecule has 0 saturated heterocycles. The average Bonchev–Trinajstić information content (AvgIpc) is 2.74. The van der Waals surface area contributed by atoms with Crippen molar-refractivity contribution in [2.75, 3.05) is 19.5 Å². The van der Waals surface area contributed by atoms with Crippen LogP contribution >= 0.6 is 23.4 Å². The number of rotatable bonds is 6. The van der Waals surface area contributed by atoms with Crippen molar-refractivity contribution in [1.82, 2.24) is 9.55 Å². The topological polar surface area (TPSA) is 64.3 Å². The lowest BCUT2D eigenvalue weighted by Gasteiger charge is -2.16. The Bertz CT molecular complexity index is 629. The lowest BCUT2D eigenvalue weighted by Crippen LogP contribution is -2.12. The van der Waals surface area contributed by atoms with Crippen molar-refractivity contribution in [3.8, 4) is 0 Å². The molecule has 0 amide bonds. The number of ether oxygens (including phenoxy) is 1. The number of hydrogen-bond acceptors (Lipinski definition) is 4. The molecule has 5 nitrogen and oxygen atoms in total. The molecule has 7 heteroatoms. The van der Waals surface area contributed by atoms with E-state index in [-0.39, 0.29) is 11.8 Å². The Balaban J connectivity index is 2.48. The molecule has 0 bridgehead atoms. The van der Waals surface area contributed by atoms with E-state index in [9.17, 15) is 4.79 Å². The van der Waals surface area contributed by atoms with Crippen molar-refractivity contribution in [2.45, 2.75) is 18.1 Å². The van der Waals surface area contributed by atoms with Gasteiger partial charge in [0.15, 0.2) is 5.16 Å². The Labute approximate surface area is 125 Å². The number of nitrogens with zero attached hydrogens (tertiary/aromatic N) is 2. The maximum atomic E-state index is 10.7. The molecule has 0 spiro atoms. The molecule has 2 rings (SSSR count). The number of methoxy groups -OCH3 is 1. The van der Waals surface area contributed by atoms with Gasteiger partial charge in [-0.05, 0) is 25.1 Å². The highest BCUT2D eigenvalue weighted by molar-refractivity contribution is 7.99. The SMILES string of the molecule is COCC(C)n1c(SCC(=O)O)nc2ccc(Cl)cc21. The molecule has 20 heavy (non-hydrogen) atoms. The van der Waals surface area contributed by atoms with Crippen LogP contribution < -0.4 is 0 Å². The molecule has 0 fully saturated rings. The van der Waals surface area contributed by atoms with Gasteiger partial charge in [0, 0.05) is 12.1 Å². The predicted octanol–water partition coefficient (Wildman–Crippen LogP) is 3.07. The second-order valence-electron chi connectivity index (χ2n) is 4.38. The highest BCUT2D eigenvalue weighted by Gasteiger charge is 2.17. The quantitative estimate of drug-likeness (QED) is 0.830. The van der Waals surface area contributed by atoms with E-state index in [4.69, 9.17) is 21.4 Å². The second kappa shape index (κ2) is 6.47. The standard InChI is InChI=1S/C13H15ClN2O3S/c1-8(6-19-2)16-11-5-9(14)3-4-10(11)15-13(16)20-7-12(17)18/h3-5,8H,6-7H2,1-2H3,(H,17,18). The molecule has 1 heterocycles. The van der Waals surface area contributed by atoms with Crippen LogP contribution in [0.5, 0.6) is 0 Å². The normalized spacial score (nSPS) is 12.8. The summed E-state index contributed by atoms with van der Waals surface area (Å²) in [6, 6.07) is 5.48. The molecular formula is C13H15ClN2O3S. The van der Waals surface area contributed by atoms with Crippen LogP contribution in [0.2, 0.25) is 5.02 Å². The summed E-state index contributed by atoms with van der Waals surface area (Å²) >= 11 is 7.23. The van der Waals surface area contributed by atoms with E-state index in [0.717, 1.165) is 11.0 Å². The second-order valence-corrected chi connectivity index (χ2v) is 5.76. The van der Waals surface area contributed by atoms with E-state index in [0.29, 0.717) is 16.8 Å². The number of carbonyl (C=O) groups is 1. The molecule has 1 aromatic heterocycles. The van der Waals surface area contributed by atoms with Gasteiger partial charge in [0.25, 0.3) is 0 Å². The van der Waals surface area contributed by atoms with Gasteiger partial charge in [-0.15, -0.1) is 0 Å². The summed E-state index contributed by atoms with van der Waals surface area (Å²) in [5.74, 6) is -0.900. The third kappa shape index (κ3) is 3.26. The van der Waals surface area contributed by atoms with Crippen LogP contribution in [0.4, 0.5) is 0 Å². The molecule has 1 unspecified atom stereocenters. The number of aromatic nitrogens is 2. The van der Waals surface area contributed by atoms with Crippen molar-refractivity contribution >= 4 is 40.4 Å². The molecule has 0 saturated carbocycles. The van der Waals surface area contributed by atoms with Crippen molar-refractivity contribution < 1.29 is 14.6 Å². The van der Waals surface area contributed by atoms with Crippen LogP contribution in [0.1, 0.15) is 13.0 Å². The summed E-state index contributed by atoms with van der Waals surface area (Å²) in [5, 5.41) is 10.1.